The fourth-order valence-electron chi connectivity index (χ4n) is 5.21. The van der Waals surface area contributed by atoms with Gasteiger partial charge in [-0.05, 0) is 80.1 Å². The van der Waals surface area contributed by atoms with Gasteiger partial charge in [-0.1, -0.05) is 41.4 Å². The number of aromatic nitrogens is 1. The van der Waals surface area contributed by atoms with Crippen LogP contribution in [-0.2, 0) is 19.4 Å². The number of aryl methyl sites for hydroxylation is 2. The maximum absolute atomic E-state index is 13.9. The maximum atomic E-state index is 13.9. The number of carbonyl (C=O) groups is 1. The van der Waals surface area contributed by atoms with Crippen molar-refractivity contribution >= 4 is 34.7 Å². The number of nitrogens with zero attached hydrogens (tertiary/aromatic N) is 2. The summed E-state index contributed by atoms with van der Waals surface area (Å²) in [5, 5.41) is 5.05. The second kappa shape index (κ2) is 8.64. The zero-order valence-electron chi connectivity index (χ0n) is 19.1. The fraction of sp³-hybridized carbons (Fsp3) is 0.250. The standard InChI is InChI=1S/C28H26ClN3OS/c1-18-8-10-19(11-9-18)26-24-6-4-16-31(24)27-23(22-5-2-3-7-25(22)34-27)17-32(26)28(33)30-21-14-12-20(29)13-15-21/h4,6,8-16,26H,2-3,5,7,17H2,1H3,(H,30,33)/t26-/m0/s1. The van der Waals surface area contributed by atoms with Crippen LogP contribution in [0.4, 0.5) is 10.5 Å². The number of hydrogen-bond acceptors (Lipinski definition) is 2. The molecule has 172 valence electrons. The lowest BCUT2D eigenvalue weighted by atomic mass is 9.95. The molecule has 34 heavy (non-hydrogen) atoms. The third kappa shape index (κ3) is 3.73. The Hall–Kier alpha value is -3.02. The second-order valence-electron chi connectivity index (χ2n) is 9.18. The molecule has 2 aromatic carbocycles. The highest BCUT2D eigenvalue weighted by Gasteiger charge is 2.36. The summed E-state index contributed by atoms with van der Waals surface area (Å²) >= 11 is 7.97. The predicted octanol–water partition coefficient (Wildman–Crippen LogP) is 7.52. The molecule has 0 saturated carbocycles. The summed E-state index contributed by atoms with van der Waals surface area (Å²) in [5.74, 6) is 0. The van der Waals surface area contributed by atoms with E-state index in [1.807, 2.05) is 28.4 Å². The predicted molar refractivity (Wildman–Crippen MR) is 139 cm³/mol. The molecular weight excluding hydrogens is 462 g/mol. The van der Waals surface area contributed by atoms with Crippen LogP contribution in [0, 0.1) is 6.92 Å². The highest BCUT2D eigenvalue weighted by Crippen LogP contribution is 2.44. The fourth-order valence-corrected chi connectivity index (χ4v) is 6.74. The molecule has 1 N–H and O–H groups in total. The number of anilines is 1. The van der Waals surface area contributed by atoms with E-state index in [4.69, 9.17) is 11.6 Å². The van der Waals surface area contributed by atoms with Crippen molar-refractivity contribution in [2.24, 2.45) is 0 Å². The molecule has 2 aliphatic rings. The summed E-state index contributed by atoms with van der Waals surface area (Å²) < 4.78 is 2.32. The number of amides is 2. The van der Waals surface area contributed by atoms with Gasteiger partial charge in [0.05, 0.1) is 18.3 Å². The van der Waals surface area contributed by atoms with E-state index in [0.717, 1.165) is 29.8 Å². The zero-order valence-corrected chi connectivity index (χ0v) is 20.6. The van der Waals surface area contributed by atoms with Gasteiger partial charge < -0.3 is 14.8 Å². The van der Waals surface area contributed by atoms with E-state index in [9.17, 15) is 4.79 Å². The molecule has 1 aliphatic carbocycles. The lowest BCUT2D eigenvalue weighted by molar-refractivity contribution is 0.194. The van der Waals surface area contributed by atoms with Crippen LogP contribution in [0.25, 0.3) is 5.00 Å². The quantitative estimate of drug-likeness (QED) is 0.312. The number of urea groups is 1. The first-order chi connectivity index (χ1) is 16.6. The SMILES string of the molecule is Cc1ccc([C@H]2c3cccn3-c3sc4c(c3CN2C(=O)Nc2ccc(Cl)cc2)CCCC4)cc1. The third-order valence-electron chi connectivity index (χ3n) is 6.93. The van der Waals surface area contributed by atoms with Crippen molar-refractivity contribution in [3.63, 3.8) is 0 Å². The molecule has 0 saturated heterocycles. The number of thiophene rings is 1. The van der Waals surface area contributed by atoms with Crippen LogP contribution < -0.4 is 5.32 Å². The number of nitrogens with one attached hydrogen (secondary N) is 1. The molecule has 0 radical (unpaired) electrons. The number of rotatable bonds is 2. The number of fused-ring (bicyclic) bond motifs is 5. The topological polar surface area (TPSA) is 37.3 Å². The molecule has 2 amide bonds. The number of benzene rings is 2. The van der Waals surface area contributed by atoms with Gasteiger partial charge in [-0.2, -0.15) is 0 Å². The van der Waals surface area contributed by atoms with E-state index in [-0.39, 0.29) is 12.1 Å². The maximum Gasteiger partial charge on any atom is 0.322 e. The Morgan fingerprint density at radius 2 is 1.76 bits per heavy atom. The summed E-state index contributed by atoms with van der Waals surface area (Å²) in [6.07, 6.45) is 6.85. The van der Waals surface area contributed by atoms with Gasteiger partial charge in [-0.25, -0.2) is 4.79 Å². The first-order valence-electron chi connectivity index (χ1n) is 11.8. The summed E-state index contributed by atoms with van der Waals surface area (Å²) in [6, 6.07) is 19.8. The number of carbonyl (C=O) groups excluding carboxylic acids is 1. The Kier molecular flexibility index (Phi) is 5.47. The van der Waals surface area contributed by atoms with Gasteiger partial charge in [-0.15, -0.1) is 11.3 Å². The molecule has 0 fully saturated rings. The Labute approximate surface area is 208 Å². The van der Waals surface area contributed by atoms with E-state index in [1.165, 1.54) is 39.4 Å². The van der Waals surface area contributed by atoms with Crippen LogP contribution in [-0.4, -0.2) is 15.5 Å². The second-order valence-corrected chi connectivity index (χ2v) is 10.7. The molecule has 6 heteroatoms. The number of halogens is 1. The van der Waals surface area contributed by atoms with Crippen molar-refractivity contribution in [1.29, 1.82) is 0 Å². The molecule has 1 aliphatic heterocycles. The van der Waals surface area contributed by atoms with Crippen molar-refractivity contribution in [2.45, 2.75) is 45.2 Å². The van der Waals surface area contributed by atoms with Crippen molar-refractivity contribution in [2.75, 3.05) is 5.32 Å². The Balaban J connectivity index is 1.49. The lowest BCUT2D eigenvalue weighted by Crippen LogP contribution is -2.38. The third-order valence-corrected chi connectivity index (χ3v) is 8.51. The zero-order chi connectivity index (χ0) is 23.2. The molecule has 6 rings (SSSR count). The van der Waals surface area contributed by atoms with Crippen molar-refractivity contribution in [3.8, 4) is 5.00 Å². The normalized spacial score (nSPS) is 16.9. The molecular formula is C28H26ClN3OS. The summed E-state index contributed by atoms with van der Waals surface area (Å²) in [4.78, 5) is 17.4. The van der Waals surface area contributed by atoms with E-state index < -0.39 is 0 Å². The summed E-state index contributed by atoms with van der Waals surface area (Å²) in [5.41, 5.74) is 6.94. The van der Waals surface area contributed by atoms with Crippen molar-refractivity contribution < 1.29 is 4.79 Å². The van der Waals surface area contributed by atoms with Gasteiger partial charge in [0.25, 0.3) is 0 Å². The van der Waals surface area contributed by atoms with Crippen LogP contribution in [0.3, 0.4) is 0 Å². The van der Waals surface area contributed by atoms with Crippen molar-refractivity contribution in [3.05, 3.63) is 105 Å². The lowest BCUT2D eigenvalue weighted by Gasteiger charge is -2.31. The minimum Gasteiger partial charge on any atom is -0.310 e. The summed E-state index contributed by atoms with van der Waals surface area (Å²) in [7, 11) is 0. The average molecular weight is 488 g/mol. The molecule has 4 nitrogen and oxygen atoms in total. The Bertz CT molecular complexity index is 1350. The van der Waals surface area contributed by atoms with Gasteiger partial charge in [0.2, 0.25) is 0 Å². The van der Waals surface area contributed by atoms with Crippen LogP contribution in [0.15, 0.2) is 66.9 Å². The van der Waals surface area contributed by atoms with Gasteiger partial charge in [0.1, 0.15) is 5.00 Å². The highest BCUT2D eigenvalue weighted by molar-refractivity contribution is 7.15. The average Bonchev–Trinajstić information content (AvgIpc) is 3.43. The van der Waals surface area contributed by atoms with Gasteiger partial charge in [0, 0.05) is 27.3 Å². The van der Waals surface area contributed by atoms with E-state index in [0.29, 0.717) is 11.6 Å². The molecule has 4 aromatic rings. The van der Waals surface area contributed by atoms with Gasteiger partial charge >= 0.3 is 6.03 Å². The van der Waals surface area contributed by atoms with Crippen LogP contribution in [0.2, 0.25) is 5.02 Å². The summed E-state index contributed by atoms with van der Waals surface area (Å²) in [6.45, 7) is 2.68. The Morgan fingerprint density at radius 3 is 2.56 bits per heavy atom. The largest absolute Gasteiger partial charge is 0.322 e. The van der Waals surface area contributed by atoms with Crippen LogP contribution in [0.5, 0.6) is 0 Å². The molecule has 0 unspecified atom stereocenters. The van der Waals surface area contributed by atoms with E-state index in [1.54, 1.807) is 12.1 Å². The van der Waals surface area contributed by atoms with Gasteiger partial charge in [-0.3, -0.25) is 0 Å². The van der Waals surface area contributed by atoms with Gasteiger partial charge in [0.15, 0.2) is 0 Å². The highest BCUT2D eigenvalue weighted by atomic mass is 35.5. The smallest absolute Gasteiger partial charge is 0.310 e. The minimum atomic E-state index is -0.193. The molecule has 2 aromatic heterocycles. The minimum absolute atomic E-state index is 0.107. The van der Waals surface area contributed by atoms with Crippen LogP contribution >= 0.6 is 22.9 Å². The Morgan fingerprint density at radius 1 is 1.00 bits per heavy atom. The number of hydrogen-bond donors (Lipinski definition) is 1. The molecule has 3 heterocycles. The van der Waals surface area contributed by atoms with Crippen molar-refractivity contribution in [1.82, 2.24) is 9.47 Å². The monoisotopic (exact) mass is 487 g/mol. The van der Waals surface area contributed by atoms with E-state index in [2.05, 4.69) is 59.4 Å². The first-order valence-corrected chi connectivity index (χ1v) is 13.0. The molecule has 1 atom stereocenters. The first kappa shape index (κ1) is 21.5. The van der Waals surface area contributed by atoms with Crippen LogP contribution in [0.1, 0.15) is 51.7 Å². The van der Waals surface area contributed by atoms with E-state index >= 15 is 0 Å². The molecule has 0 bridgehead atoms. The molecule has 0 spiro atoms.